The predicted octanol–water partition coefficient (Wildman–Crippen LogP) is 3.33. The van der Waals surface area contributed by atoms with Gasteiger partial charge in [-0.2, -0.15) is 0 Å². The molecule has 1 heterocycles. The van der Waals surface area contributed by atoms with Gasteiger partial charge in [0.05, 0.1) is 11.3 Å². The molecule has 0 atom stereocenters. The second kappa shape index (κ2) is 6.87. The molecule has 1 amide bonds. The number of carbonyl (C=O) groups is 2. The average Bonchev–Trinajstić information content (AvgIpc) is 2.89. The molecule has 2 N–H and O–H groups in total. The van der Waals surface area contributed by atoms with Gasteiger partial charge in [-0.1, -0.05) is 15.9 Å². The number of carboxylic acids is 1. The van der Waals surface area contributed by atoms with Crippen molar-refractivity contribution in [2.75, 3.05) is 11.1 Å². The summed E-state index contributed by atoms with van der Waals surface area (Å²) in [5.74, 6) is -1.11. The fourth-order valence-electron chi connectivity index (χ4n) is 1.38. The topological polar surface area (TPSA) is 79.3 Å². The van der Waals surface area contributed by atoms with Crippen LogP contribution in [-0.2, 0) is 4.79 Å². The highest BCUT2D eigenvalue weighted by atomic mass is 79.9. The number of aromatic nitrogens is 1. The molecule has 8 heteroatoms. The first-order valence-electron chi connectivity index (χ1n) is 5.41. The van der Waals surface area contributed by atoms with E-state index in [1.54, 1.807) is 23.7 Å². The van der Waals surface area contributed by atoms with Crippen LogP contribution in [0.1, 0.15) is 10.4 Å². The van der Waals surface area contributed by atoms with Gasteiger partial charge in [0, 0.05) is 20.9 Å². The summed E-state index contributed by atoms with van der Waals surface area (Å²) in [6.07, 6.45) is 1.60. The van der Waals surface area contributed by atoms with Crippen LogP contribution in [0.5, 0.6) is 0 Å². The van der Waals surface area contributed by atoms with E-state index >= 15 is 0 Å². The molecule has 0 fully saturated rings. The molecule has 2 rings (SSSR count). The molecule has 0 saturated heterocycles. The summed E-state index contributed by atoms with van der Waals surface area (Å²) in [5.41, 5.74) is 0.181. The third kappa shape index (κ3) is 4.06. The van der Waals surface area contributed by atoms with Crippen LogP contribution >= 0.6 is 39.0 Å². The second-order valence-corrected chi connectivity index (χ2v) is 6.45. The number of thiazole rings is 1. The number of carboxylic acid groups (broad SMARTS) is 1. The van der Waals surface area contributed by atoms with Gasteiger partial charge in [-0.25, -0.2) is 9.78 Å². The van der Waals surface area contributed by atoms with E-state index in [4.69, 9.17) is 5.11 Å². The number of hydrogen-bond acceptors (Lipinski definition) is 5. The number of rotatable bonds is 5. The van der Waals surface area contributed by atoms with Crippen LogP contribution in [0.2, 0.25) is 0 Å². The number of halogens is 1. The highest BCUT2D eigenvalue weighted by Gasteiger charge is 2.13. The fraction of sp³-hybridized carbons (Fsp3) is 0.0833. The molecule has 0 unspecified atom stereocenters. The second-order valence-electron chi connectivity index (χ2n) is 3.62. The Morgan fingerprint density at radius 1 is 1.45 bits per heavy atom. The first-order chi connectivity index (χ1) is 9.56. The van der Waals surface area contributed by atoms with Crippen LogP contribution < -0.4 is 5.32 Å². The Hall–Kier alpha value is -1.38. The van der Waals surface area contributed by atoms with Gasteiger partial charge >= 0.3 is 5.97 Å². The van der Waals surface area contributed by atoms with Crippen LogP contribution in [0.25, 0.3) is 0 Å². The van der Waals surface area contributed by atoms with E-state index in [-0.39, 0.29) is 17.2 Å². The Kier molecular flexibility index (Phi) is 5.16. The van der Waals surface area contributed by atoms with Crippen LogP contribution in [0.4, 0.5) is 5.13 Å². The van der Waals surface area contributed by atoms with Crippen molar-refractivity contribution in [1.82, 2.24) is 4.98 Å². The fourth-order valence-corrected chi connectivity index (χ4v) is 3.31. The molecule has 0 aliphatic rings. The van der Waals surface area contributed by atoms with Crippen molar-refractivity contribution in [3.05, 3.63) is 39.8 Å². The number of amides is 1. The summed E-state index contributed by atoms with van der Waals surface area (Å²) in [7, 11) is 0. The molecule has 1 aromatic carbocycles. The zero-order valence-electron chi connectivity index (χ0n) is 10.00. The zero-order chi connectivity index (χ0) is 14.5. The number of thioether (sulfide) groups is 1. The maximum absolute atomic E-state index is 11.7. The standard InChI is InChI=1S/C12H9BrN2O3S2/c13-7-1-2-8(11(17)18)9(5-7)20-6-10(16)15-12-14-3-4-19-12/h1-5H,6H2,(H,17,18)(H,14,15,16). The highest BCUT2D eigenvalue weighted by molar-refractivity contribution is 9.10. The van der Waals surface area contributed by atoms with Gasteiger partial charge in [0.15, 0.2) is 5.13 Å². The van der Waals surface area contributed by atoms with Gasteiger partial charge in [0.25, 0.3) is 0 Å². The summed E-state index contributed by atoms with van der Waals surface area (Å²) in [4.78, 5) is 27.3. The van der Waals surface area contributed by atoms with Crippen molar-refractivity contribution in [2.45, 2.75) is 4.90 Å². The Morgan fingerprint density at radius 2 is 2.25 bits per heavy atom. The Balaban J connectivity index is 2.01. The lowest BCUT2D eigenvalue weighted by Crippen LogP contribution is -2.14. The molecule has 0 aliphatic heterocycles. The molecular formula is C12H9BrN2O3S2. The van der Waals surface area contributed by atoms with E-state index in [2.05, 4.69) is 26.2 Å². The third-order valence-corrected chi connectivity index (χ3v) is 4.45. The smallest absolute Gasteiger partial charge is 0.336 e. The Morgan fingerprint density at radius 3 is 2.90 bits per heavy atom. The molecule has 0 saturated carbocycles. The van der Waals surface area contributed by atoms with Crippen molar-refractivity contribution in [3.63, 3.8) is 0 Å². The van der Waals surface area contributed by atoms with E-state index in [0.717, 1.165) is 4.47 Å². The highest BCUT2D eigenvalue weighted by Crippen LogP contribution is 2.27. The van der Waals surface area contributed by atoms with Crippen LogP contribution in [0.15, 0.2) is 39.1 Å². The van der Waals surface area contributed by atoms with E-state index in [9.17, 15) is 9.59 Å². The average molecular weight is 373 g/mol. The maximum atomic E-state index is 11.7. The van der Waals surface area contributed by atoms with Crippen LogP contribution in [0, 0.1) is 0 Å². The van der Waals surface area contributed by atoms with Crippen LogP contribution in [-0.4, -0.2) is 27.7 Å². The van der Waals surface area contributed by atoms with E-state index in [1.165, 1.54) is 29.2 Å². The zero-order valence-corrected chi connectivity index (χ0v) is 13.2. The van der Waals surface area contributed by atoms with Gasteiger partial charge in [0.1, 0.15) is 0 Å². The molecular weight excluding hydrogens is 364 g/mol. The minimum absolute atomic E-state index is 0.121. The van der Waals surface area contributed by atoms with Crippen molar-refractivity contribution in [2.24, 2.45) is 0 Å². The number of nitrogens with zero attached hydrogens (tertiary/aromatic N) is 1. The lowest BCUT2D eigenvalue weighted by Gasteiger charge is -2.06. The van der Waals surface area contributed by atoms with Crippen molar-refractivity contribution in [1.29, 1.82) is 0 Å². The number of anilines is 1. The van der Waals surface area contributed by atoms with Gasteiger partial charge in [-0.15, -0.1) is 23.1 Å². The van der Waals surface area contributed by atoms with E-state index in [0.29, 0.717) is 10.0 Å². The largest absolute Gasteiger partial charge is 0.478 e. The predicted molar refractivity (Wildman–Crippen MR) is 82.6 cm³/mol. The molecule has 0 spiro atoms. The number of hydrogen-bond donors (Lipinski definition) is 2. The number of benzene rings is 1. The molecule has 2 aromatic rings. The lowest BCUT2D eigenvalue weighted by atomic mass is 10.2. The van der Waals surface area contributed by atoms with Crippen molar-refractivity contribution < 1.29 is 14.7 Å². The molecule has 1 aromatic heterocycles. The quantitative estimate of drug-likeness (QED) is 0.786. The molecule has 0 aliphatic carbocycles. The molecule has 0 radical (unpaired) electrons. The molecule has 0 bridgehead atoms. The monoisotopic (exact) mass is 372 g/mol. The van der Waals surface area contributed by atoms with Crippen molar-refractivity contribution >= 4 is 56.0 Å². The first kappa shape index (κ1) is 15.0. The third-order valence-electron chi connectivity index (χ3n) is 2.21. The minimum atomic E-state index is -1.01. The maximum Gasteiger partial charge on any atom is 0.336 e. The number of nitrogens with one attached hydrogen (secondary N) is 1. The lowest BCUT2D eigenvalue weighted by molar-refractivity contribution is -0.113. The number of aromatic carboxylic acids is 1. The van der Waals surface area contributed by atoms with Gasteiger partial charge in [0.2, 0.25) is 5.91 Å². The van der Waals surface area contributed by atoms with Gasteiger partial charge in [-0.3, -0.25) is 4.79 Å². The van der Waals surface area contributed by atoms with Crippen LogP contribution in [0.3, 0.4) is 0 Å². The summed E-state index contributed by atoms with van der Waals surface area (Å²) < 4.78 is 0.769. The molecule has 5 nitrogen and oxygen atoms in total. The summed E-state index contributed by atoms with van der Waals surface area (Å²) in [6, 6.07) is 4.85. The normalized spacial score (nSPS) is 10.2. The Bertz CT molecular complexity index is 632. The van der Waals surface area contributed by atoms with Crippen molar-refractivity contribution in [3.8, 4) is 0 Å². The summed E-state index contributed by atoms with van der Waals surface area (Å²) in [5, 5.41) is 14.0. The molecule has 104 valence electrons. The van der Waals surface area contributed by atoms with E-state index in [1.807, 2.05) is 0 Å². The number of carbonyl (C=O) groups excluding carboxylic acids is 1. The Labute approximate surface area is 131 Å². The SMILES string of the molecule is O=C(CSc1cc(Br)ccc1C(=O)O)Nc1nccs1. The molecule has 20 heavy (non-hydrogen) atoms. The minimum Gasteiger partial charge on any atom is -0.478 e. The summed E-state index contributed by atoms with van der Waals surface area (Å²) in [6.45, 7) is 0. The summed E-state index contributed by atoms with van der Waals surface area (Å²) >= 11 is 5.79. The van der Waals surface area contributed by atoms with Gasteiger partial charge in [-0.05, 0) is 18.2 Å². The van der Waals surface area contributed by atoms with E-state index < -0.39 is 5.97 Å². The first-order valence-corrected chi connectivity index (χ1v) is 8.07. The van der Waals surface area contributed by atoms with Gasteiger partial charge < -0.3 is 10.4 Å².